The highest BCUT2D eigenvalue weighted by atomic mass is 16.5. The monoisotopic (exact) mass is 415 g/mol. The van der Waals surface area contributed by atoms with Crippen LogP contribution in [-0.2, 0) is 19.1 Å². The summed E-state index contributed by atoms with van der Waals surface area (Å²) in [6.07, 6.45) is 3.63. The molecule has 0 unspecified atom stereocenters. The van der Waals surface area contributed by atoms with Crippen LogP contribution in [0.5, 0.6) is 5.75 Å². The highest BCUT2D eigenvalue weighted by Crippen LogP contribution is 2.39. The molecule has 1 aromatic rings. The Morgan fingerprint density at radius 1 is 1.17 bits per heavy atom. The quantitative estimate of drug-likeness (QED) is 0.724. The summed E-state index contributed by atoms with van der Waals surface area (Å²) in [5.74, 6) is 0.526. The summed E-state index contributed by atoms with van der Waals surface area (Å²) in [6, 6.07) is 7.12. The SMILES string of the molecule is COc1ccc([C@@H]2[C@@H](C(=O)NCCN3CCCCC3=O)OCC(=O)N2C2CC2)cc1. The maximum atomic E-state index is 13.0. The number of morpholine rings is 1. The van der Waals surface area contributed by atoms with Crippen LogP contribution >= 0.6 is 0 Å². The first kappa shape index (κ1) is 20.7. The Morgan fingerprint density at radius 2 is 1.93 bits per heavy atom. The van der Waals surface area contributed by atoms with Crippen molar-refractivity contribution in [1.82, 2.24) is 15.1 Å². The van der Waals surface area contributed by atoms with E-state index in [2.05, 4.69) is 5.32 Å². The zero-order chi connectivity index (χ0) is 21.1. The molecule has 3 fully saturated rings. The number of rotatable bonds is 7. The van der Waals surface area contributed by atoms with Gasteiger partial charge in [-0.3, -0.25) is 14.4 Å². The summed E-state index contributed by atoms with van der Waals surface area (Å²) < 4.78 is 11.0. The first-order valence-electron chi connectivity index (χ1n) is 10.7. The Labute approximate surface area is 176 Å². The number of ether oxygens (including phenoxy) is 2. The van der Waals surface area contributed by atoms with Crippen molar-refractivity contribution in [1.29, 1.82) is 0 Å². The van der Waals surface area contributed by atoms with Crippen LogP contribution in [0.4, 0.5) is 0 Å². The third-order valence-corrected chi connectivity index (χ3v) is 6.02. The van der Waals surface area contributed by atoms with E-state index in [0.29, 0.717) is 25.3 Å². The van der Waals surface area contributed by atoms with Crippen LogP contribution in [0.25, 0.3) is 0 Å². The summed E-state index contributed by atoms with van der Waals surface area (Å²) in [4.78, 5) is 41.2. The van der Waals surface area contributed by atoms with Gasteiger partial charge in [0.1, 0.15) is 12.4 Å². The van der Waals surface area contributed by atoms with Crippen LogP contribution in [0.15, 0.2) is 24.3 Å². The molecule has 3 amide bonds. The molecule has 4 rings (SSSR count). The number of carbonyl (C=O) groups excluding carboxylic acids is 3. The van der Waals surface area contributed by atoms with Gasteiger partial charge < -0.3 is 24.6 Å². The average Bonchev–Trinajstić information content (AvgIpc) is 3.60. The van der Waals surface area contributed by atoms with Crippen molar-refractivity contribution in [3.8, 4) is 5.75 Å². The normalized spacial score (nSPS) is 24.7. The van der Waals surface area contributed by atoms with Crippen LogP contribution in [0.2, 0.25) is 0 Å². The van der Waals surface area contributed by atoms with E-state index in [1.807, 2.05) is 29.2 Å². The Morgan fingerprint density at radius 3 is 2.60 bits per heavy atom. The van der Waals surface area contributed by atoms with Gasteiger partial charge in [-0.2, -0.15) is 0 Å². The minimum atomic E-state index is -0.784. The predicted molar refractivity (Wildman–Crippen MR) is 109 cm³/mol. The Bertz CT molecular complexity index is 792. The molecular formula is C22H29N3O5. The van der Waals surface area contributed by atoms with E-state index < -0.39 is 12.1 Å². The van der Waals surface area contributed by atoms with Gasteiger partial charge in [0, 0.05) is 32.1 Å². The van der Waals surface area contributed by atoms with Crippen molar-refractivity contribution < 1.29 is 23.9 Å². The second kappa shape index (κ2) is 9.04. The highest BCUT2D eigenvalue weighted by Gasteiger charge is 2.47. The largest absolute Gasteiger partial charge is 0.497 e. The molecule has 2 saturated heterocycles. The van der Waals surface area contributed by atoms with Gasteiger partial charge >= 0.3 is 0 Å². The number of nitrogens with zero attached hydrogens (tertiary/aromatic N) is 2. The van der Waals surface area contributed by atoms with Crippen LogP contribution in [0, 0.1) is 0 Å². The van der Waals surface area contributed by atoms with Gasteiger partial charge in [-0.1, -0.05) is 12.1 Å². The predicted octanol–water partition coefficient (Wildman–Crippen LogP) is 1.25. The lowest BCUT2D eigenvalue weighted by atomic mass is 9.96. The molecule has 2 atom stereocenters. The maximum absolute atomic E-state index is 13.0. The second-order valence-corrected chi connectivity index (χ2v) is 8.11. The van der Waals surface area contributed by atoms with E-state index in [4.69, 9.17) is 9.47 Å². The minimum absolute atomic E-state index is 0.0821. The van der Waals surface area contributed by atoms with E-state index in [0.717, 1.165) is 37.8 Å². The summed E-state index contributed by atoms with van der Waals surface area (Å²) in [5, 5.41) is 2.92. The molecule has 162 valence electrons. The summed E-state index contributed by atoms with van der Waals surface area (Å²) in [5.41, 5.74) is 0.849. The number of hydrogen-bond donors (Lipinski definition) is 1. The lowest BCUT2D eigenvalue weighted by Crippen LogP contribution is -2.55. The topological polar surface area (TPSA) is 88.2 Å². The van der Waals surface area contributed by atoms with Crippen LogP contribution in [0.1, 0.15) is 43.7 Å². The van der Waals surface area contributed by atoms with Gasteiger partial charge in [-0.05, 0) is 43.4 Å². The number of nitrogens with one attached hydrogen (secondary N) is 1. The van der Waals surface area contributed by atoms with E-state index in [1.165, 1.54) is 0 Å². The molecule has 1 aromatic carbocycles. The zero-order valence-corrected chi connectivity index (χ0v) is 17.3. The fourth-order valence-electron chi connectivity index (χ4n) is 4.28. The van der Waals surface area contributed by atoms with Crippen molar-refractivity contribution in [3.63, 3.8) is 0 Å². The first-order valence-corrected chi connectivity index (χ1v) is 10.7. The van der Waals surface area contributed by atoms with Crippen molar-refractivity contribution in [3.05, 3.63) is 29.8 Å². The standard InChI is InChI=1S/C22H29N3O5/c1-29-17-9-5-15(6-10-17)20-21(30-14-19(27)25(20)16-7-8-16)22(28)23-11-13-24-12-3-2-4-18(24)26/h5-6,9-10,16,20-21H,2-4,7-8,11-14H2,1H3,(H,23,28)/t20-,21+/m1/s1. The fraction of sp³-hybridized carbons (Fsp3) is 0.591. The number of amides is 3. The number of benzene rings is 1. The molecular weight excluding hydrogens is 386 g/mol. The maximum Gasteiger partial charge on any atom is 0.251 e. The van der Waals surface area contributed by atoms with Gasteiger partial charge in [-0.15, -0.1) is 0 Å². The molecule has 1 saturated carbocycles. The molecule has 0 radical (unpaired) electrons. The molecule has 0 bridgehead atoms. The number of piperidine rings is 1. The van der Waals surface area contributed by atoms with E-state index in [-0.39, 0.29) is 30.4 Å². The summed E-state index contributed by atoms with van der Waals surface area (Å²) in [7, 11) is 1.60. The molecule has 0 spiro atoms. The van der Waals surface area contributed by atoms with Gasteiger partial charge in [0.25, 0.3) is 5.91 Å². The number of carbonyl (C=O) groups is 3. The van der Waals surface area contributed by atoms with E-state index >= 15 is 0 Å². The average molecular weight is 415 g/mol. The Hall–Kier alpha value is -2.61. The van der Waals surface area contributed by atoms with Gasteiger partial charge in [0.05, 0.1) is 13.2 Å². The molecule has 1 N–H and O–H groups in total. The number of methoxy groups -OCH3 is 1. The van der Waals surface area contributed by atoms with Crippen LogP contribution in [-0.4, -0.2) is 73.0 Å². The molecule has 0 aromatic heterocycles. The number of hydrogen-bond acceptors (Lipinski definition) is 5. The van der Waals surface area contributed by atoms with Gasteiger partial charge in [0.15, 0.2) is 6.10 Å². The van der Waals surface area contributed by atoms with Gasteiger partial charge in [-0.25, -0.2) is 0 Å². The Balaban J connectivity index is 1.46. The number of likely N-dealkylation sites (tertiary alicyclic amines) is 1. The molecule has 2 aliphatic heterocycles. The molecule has 3 aliphatic rings. The van der Waals surface area contributed by atoms with Crippen molar-refractivity contribution in [2.75, 3.05) is 33.4 Å². The van der Waals surface area contributed by atoms with Crippen LogP contribution < -0.4 is 10.1 Å². The molecule has 8 heteroatoms. The van der Waals surface area contributed by atoms with Crippen molar-refractivity contribution in [2.24, 2.45) is 0 Å². The van der Waals surface area contributed by atoms with E-state index in [1.54, 1.807) is 12.0 Å². The lowest BCUT2D eigenvalue weighted by Gasteiger charge is -2.41. The molecule has 30 heavy (non-hydrogen) atoms. The Kier molecular flexibility index (Phi) is 6.22. The summed E-state index contributed by atoms with van der Waals surface area (Å²) >= 11 is 0. The minimum Gasteiger partial charge on any atom is -0.497 e. The summed E-state index contributed by atoms with van der Waals surface area (Å²) in [6.45, 7) is 1.52. The van der Waals surface area contributed by atoms with E-state index in [9.17, 15) is 14.4 Å². The highest BCUT2D eigenvalue weighted by molar-refractivity contribution is 5.87. The third kappa shape index (κ3) is 4.43. The smallest absolute Gasteiger partial charge is 0.251 e. The lowest BCUT2D eigenvalue weighted by molar-refractivity contribution is -0.165. The first-order chi connectivity index (χ1) is 14.6. The fourth-order valence-corrected chi connectivity index (χ4v) is 4.28. The van der Waals surface area contributed by atoms with Crippen molar-refractivity contribution >= 4 is 17.7 Å². The van der Waals surface area contributed by atoms with Gasteiger partial charge in [0.2, 0.25) is 11.8 Å². The molecule has 8 nitrogen and oxygen atoms in total. The molecule has 1 aliphatic carbocycles. The second-order valence-electron chi connectivity index (χ2n) is 8.11. The zero-order valence-electron chi connectivity index (χ0n) is 17.3. The molecule has 2 heterocycles. The van der Waals surface area contributed by atoms with Crippen LogP contribution in [0.3, 0.4) is 0 Å². The third-order valence-electron chi connectivity index (χ3n) is 6.02. The van der Waals surface area contributed by atoms with Crippen molar-refractivity contribution in [2.45, 2.75) is 50.3 Å².